The topological polar surface area (TPSA) is 55.8 Å². The molecule has 5 nitrogen and oxygen atoms in total. The van der Waals surface area contributed by atoms with Crippen molar-refractivity contribution in [3.05, 3.63) is 64.5 Å². The molecule has 1 aliphatic heterocycles. The zero-order valence-corrected chi connectivity index (χ0v) is 13.4. The third kappa shape index (κ3) is 3.30. The molecule has 0 atom stereocenters. The lowest BCUT2D eigenvalue weighted by atomic mass is 10.1. The molecule has 0 aromatic heterocycles. The summed E-state index contributed by atoms with van der Waals surface area (Å²) in [7, 11) is 2.26. The largest absolute Gasteiger partial charge is 0.465 e. The van der Waals surface area contributed by atoms with Crippen molar-refractivity contribution in [1.29, 1.82) is 0 Å². The molecule has 0 fully saturated rings. The van der Waals surface area contributed by atoms with E-state index in [-0.39, 0.29) is 17.0 Å². The predicted octanol–water partition coefficient (Wildman–Crippen LogP) is 3.11. The minimum Gasteiger partial charge on any atom is -0.465 e. The van der Waals surface area contributed by atoms with Crippen molar-refractivity contribution in [3.63, 3.8) is 0 Å². The summed E-state index contributed by atoms with van der Waals surface area (Å²) in [5.41, 5.74) is -0.447. The van der Waals surface area contributed by atoms with Gasteiger partial charge in [-0.1, -0.05) is 17.7 Å². The van der Waals surface area contributed by atoms with Crippen LogP contribution in [0.15, 0.2) is 47.8 Å². The third-order valence-corrected chi connectivity index (χ3v) is 3.50. The number of carbonyl (C=O) groups is 2. The quantitative estimate of drug-likeness (QED) is 0.616. The van der Waals surface area contributed by atoms with Crippen LogP contribution in [-0.4, -0.2) is 26.2 Å². The van der Waals surface area contributed by atoms with Crippen LogP contribution in [0.3, 0.4) is 0 Å². The van der Waals surface area contributed by atoms with E-state index in [1.54, 1.807) is 0 Å². The number of carbonyl (C=O) groups excluding carboxylic acids is 2. The lowest BCUT2D eigenvalue weighted by Crippen LogP contribution is -2.27. The third-order valence-electron chi connectivity index (χ3n) is 3.14. The van der Waals surface area contributed by atoms with E-state index in [0.717, 1.165) is 31.3 Å². The molecular formula is C16H12ClF2NO4. The molecule has 0 bridgehead atoms. The van der Waals surface area contributed by atoms with E-state index in [4.69, 9.17) is 11.6 Å². The summed E-state index contributed by atoms with van der Waals surface area (Å²) in [6.07, 6.45) is 5.62. The highest BCUT2D eigenvalue weighted by Gasteiger charge is 2.28. The molecule has 2 rings (SSSR count). The summed E-state index contributed by atoms with van der Waals surface area (Å²) in [6.45, 7) is 0. The van der Waals surface area contributed by atoms with Gasteiger partial charge in [0, 0.05) is 6.20 Å². The average molecular weight is 356 g/mol. The Morgan fingerprint density at radius 2 is 1.62 bits per heavy atom. The first-order chi connectivity index (χ1) is 11.4. The summed E-state index contributed by atoms with van der Waals surface area (Å²) in [4.78, 5) is 25.2. The van der Waals surface area contributed by atoms with Gasteiger partial charge in [0.2, 0.25) is 0 Å². The van der Waals surface area contributed by atoms with Crippen molar-refractivity contribution >= 4 is 29.2 Å². The van der Waals surface area contributed by atoms with Crippen LogP contribution in [0.5, 0.6) is 0 Å². The second kappa shape index (κ2) is 7.27. The van der Waals surface area contributed by atoms with Crippen LogP contribution < -0.4 is 4.90 Å². The van der Waals surface area contributed by atoms with E-state index in [9.17, 15) is 18.4 Å². The van der Waals surface area contributed by atoms with Crippen LogP contribution in [0.25, 0.3) is 0 Å². The van der Waals surface area contributed by atoms with Gasteiger partial charge in [-0.25, -0.2) is 18.4 Å². The molecule has 0 unspecified atom stereocenters. The van der Waals surface area contributed by atoms with Gasteiger partial charge >= 0.3 is 11.9 Å². The van der Waals surface area contributed by atoms with Gasteiger partial charge in [-0.3, -0.25) is 0 Å². The lowest BCUT2D eigenvalue weighted by Gasteiger charge is -2.23. The first-order valence-corrected chi connectivity index (χ1v) is 6.98. The maximum absolute atomic E-state index is 13.8. The standard InChI is InChI=1S/C16H12ClF2NO4/c1-23-15(21)10-5-3-4-6-20(14(10)16(22)24-2)9-7-11(18)13(17)12(19)8-9/h3-8H,1-2H3. The van der Waals surface area contributed by atoms with E-state index >= 15 is 0 Å². The molecule has 1 heterocycles. The molecule has 0 amide bonds. The zero-order chi connectivity index (χ0) is 17.9. The molecule has 0 saturated carbocycles. The van der Waals surface area contributed by atoms with E-state index < -0.39 is 28.6 Å². The fourth-order valence-corrected chi connectivity index (χ4v) is 2.16. The molecule has 24 heavy (non-hydrogen) atoms. The number of rotatable bonds is 3. The van der Waals surface area contributed by atoms with Crippen molar-refractivity contribution in [3.8, 4) is 0 Å². The van der Waals surface area contributed by atoms with Gasteiger partial charge < -0.3 is 14.4 Å². The Morgan fingerprint density at radius 1 is 1.04 bits per heavy atom. The van der Waals surface area contributed by atoms with Gasteiger partial charge in [-0.15, -0.1) is 0 Å². The Hall–Kier alpha value is -2.67. The molecule has 0 radical (unpaired) electrons. The predicted molar refractivity (Wildman–Crippen MR) is 83.2 cm³/mol. The number of halogens is 3. The van der Waals surface area contributed by atoms with Crippen molar-refractivity contribution in [1.82, 2.24) is 0 Å². The number of anilines is 1. The summed E-state index contributed by atoms with van der Waals surface area (Å²) in [5, 5.41) is -0.674. The lowest BCUT2D eigenvalue weighted by molar-refractivity contribution is -0.139. The molecule has 0 spiro atoms. The molecule has 1 aliphatic rings. The Kier molecular flexibility index (Phi) is 5.35. The maximum Gasteiger partial charge on any atom is 0.355 e. The van der Waals surface area contributed by atoms with Crippen molar-refractivity contribution in [2.75, 3.05) is 19.1 Å². The van der Waals surface area contributed by atoms with Crippen LogP contribution in [0.2, 0.25) is 5.02 Å². The number of benzene rings is 1. The molecule has 1 aromatic carbocycles. The molecular weight excluding hydrogens is 344 g/mol. The summed E-state index contributed by atoms with van der Waals surface area (Å²) >= 11 is 5.47. The number of nitrogens with zero attached hydrogens (tertiary/aromatic N) is 1. The second-order valence-corrected chi connectivity index (χ2v) is 4.92. The van der Waals surface area contributed by atoms with Crippen LogP contribution in [0.1, 0.15) is 0 Å². The van der Waals surface area contributed by atoms with Gasteiger partial charge in [0.05, 0.1) is 25.5 Å². The van der Waals surface area contributed by atoms with Gasteiger partial charge in [-0.05, 0) is 24.3 Å². The molecule has 8 heteroatoms. The van der Waals surface area contributed by atoms with Crippen LogP contribution in [-0.2, 0) is 19.1 Å². The van der Waals surface area contributed by atoms with Crippen molar-refractivity contribution in [2.45, 2.75) is 0 Å². The van der Waals surface area contributed by atoms with Gasteiger partial charge in [0.15, 0.2) is 0 Å². The average Bonchev–Trinajstić information content (AvgIpc) is 2.80. The van der Waals surface area contributed by atoms with Crippen LogP contribution in [0, 0.1) is 11.6 Å². The smallest absolute Gasteiger partial charge is 0.355 e. The summed E-state index contributed by atoms with van der Waals surface area (Å²) in [5.74, 6) is -3.72. The highest BCUT2D eigenvalue weighted by atomic mass is 35.5. The maximum atomic E-state index is 13.8. The number of hydrogen-bond acceptors (Lipinski definition) is 5. The number of esters is 2. The molecule has 1 aromatic rings. The normalized spacial score (nSPS) is 13.8. The zero-order valence-electron chi connectivity index (χ0n) is 12.7. The Morgan fingerprint density at radius 3 is 2.17 bits per heavy atom. The summed E-state index contributed by atoms with van der Waals surface area (Å²) < 4.78 is 36.9. The van der Waals surface area contributed by atoms with E-state index in [2.05, 4.69) is 9.47 Å². The Bertz CT molecular complexity index is 763. The molecule has 0 N–H and O–H groups in total. The highest BCUT2D eigenvalue weighted by molar-refractivity contribution is 6.31. The van der Waals surface area contributed by atoms with Gasteiger partial charge in [0.1, 0.15) is 22.4 Å². The van der Waals surface area contributed by atoms with E-state index in [1.807, 2.05) is 0 Å². The van der Waals surface area contributed by atoms with Crippen molar-refractivity contribution in [2.24, 2.45) is 0 Å². The highest BCUT2D eigenvalue weighted by Crippen LogP contribution is 2.30. The number of allylic oxidation sites excluding steroid dienone is 2. The van der Waals surface area contributed by atoms with Crippen molar-refractivity contribution < 1.29 is 27.8 Å². The number of hydrogen-bond donors (Lipinski definition) is 0. The van der Waals surface area contributed by atoms with E-state index in [0.29, 0.717) is 0 Å². The number of methoxy groups -OCH3 is 2. The fraction of sp³-hybridized carbons (Fsp3) is 0.125. The van der Waals surface area contributed by atoms with Crippen LogP contribution in [0.4, 0.5) is 14.5 Å². The van der Waals surface area contributed by atoms with E-state index in [1.165, 1.54) is 24.4 Å². The first-order valence-electron chi connectivity index (χ1n) is 6.60. The minimum atomic E-state index is -1.01. The monoisotopic (exact) mass is 355 g/mol. The van der Waals surface area contributed by atoms with Gasteiger partial charge in [-0.2, -0.15) is 0 Å². The minimum absolute atomic E-state index is 0.0591. The SMILES string of the molecule is COC(=O)C1=C(C(=O)OC)N(c2cc(F)c(Cl)c(F)c2)C=CC=C1. The fourth-order valence-electron chi connectivity index (χ4n) is 2.05. The van der Waals surface area contributed by atoms with Crippen LogP contribution >= 0.6 is 11.6 Å². The molecule has 126 valence electrons. The molecule has 0 aliphatic carbocycles. The Balaban J connectivity index is 2.70. The second-order valence-electron chi connectivity index (χ2n) is 4.54. The van der Waals surface area contributed by atoms with Gasteiger partial charge in [0.25, 0.3) is 0 Å². The first kappa shape index (κ1) is 17.7. The Labute approximate surface area is 141 Å². The summed E-state index contributed by atoms with van der Waals surface area (Å²) in [6, 6.07) is 1.86. The molecule has 0 saturated heterocycles. The number of ether oxygens (including phenoxy) is 2.